The molecule has 0 aromatic heterocycles. The van der Waals surface area contributed by atoms with Crippen molar-refractivity contribution >= 4 is 30.5 Å². The highest BCUT2D eigenvalue weighted by Gasteiger charge is 2.39. The van der Waals surface area contributed by atoms with Crippen LogP contribution in [0, 0.1) is 5.41 Å². The third-order valence-electron chi connectivity index (χ3n) is 5.73. The lowest BCUT2D eigenvalue weighted by Gasteiger charge is -2.28. The van der Waals surface area contributed by atoms with Gasteiger partial charge in [-0.3, -0.25) is 13.8 Å². The Morgan fingerprint density at radius 1 is 1.38 bits per heavy atom. The Morgan fingerprint density at radius 3 is 2.78 bits per heavy atom. The third-order valence-corrected chi connectivity index (χ3v) is 8.47. The van der Waals surface area contributed by atoms with Gasteiger partial charge >= 0.3 is 7.75 Å². The number of aliphatic imine (C=N–C) groups is 1. The topological polar surface area (TPSA) is 156 Å². The zero-order chi connectivity index (χ0) is 27.1. The molecule has 1 aromatic rings. The number of aliphatic hydroxyl groups excluding tert-OH is 2. The van der Waals surface area contributed by atoms with Crippen LogP contribution in [0.25, 0.3) is 0 Å². The van der Waals surface area contributed by atoms with Crippen molar-refractivity contribution < 1.29 is 33.4 Å². The van der Waals surface area contributed by atoms with Gasteiger partial charge < -0.3 is 25.6 Å². The largest absolute Gasteiger partial charge is 0.405 e. The minimum Gasteiger partial charge on any atom is -0.395 e. The van der Waals surface area contributed by atoms with E-state index in [9.17, 15) is 19.6 Å². The van der Waals surface area contributed by atoms with Gasteiger partial charge in [-0.2, -0.15) is 0 Å². The molecule has 2 heterocycles. The predicted molar refractivity (Wildman–Crippen MR) is 142 cm³/mol. The third kappa shape index (κ3) is 8.49. The molecule has 1 aromatic carbocycles. The normalized spacial score (nSPS) is 23.7. The molecule has 0 radical (unpaired) electrons. The van der Waals surface area contributed by atoms with E-state index in [2.05, 4.69) is 16.7 Å². The van der Waals surface area contributed by atoms with Crippen LogP contribution in [-0.4, -0.2) is 70.1 Å². The summed E-state index contributed by atoms with van der Waals surface area (Å²) in [6.45, 7) is 6.86. The highest BCUT2D eigenvalue weighted by molar-refractivity contribution is 8.13. The van der Waals surface area contributed by atoms with E-state index >= 15 is 0 Å². The zero-order valence-corrected chi connectivity index (χ0v) is 22.7. The van der Waals surface area contributed by atoms with E-state index in [-0.39, 0.29) is 43.7 Å². The van der Waals surface area contributed by atoms with Gasteiger partial charge in [0.1, 0.15) is 24.0 Å². The highest BCUT2D eigenvalue weighted by Crippen LogP contribution is 2.45. The van der Waals surface area contributed by atoms with Gasteiger partial charge in [0.05, 0.1) is 31.3 Å². The number of hydrogen-bond donors (Lipinski definition) is 4. The van der Waals surface area contributed by atoms with E-state index in [0.29, 0.717) is 11.7 Å². The van der Waals surface area contributed by atoms with E-state index in [1.807, 2.05) is 30.3 Å². The van der Waals surface area contributed by atoms with Gasteiger partial charge in [0, 0.05) is 24.9 Å². The van der Waals surface area contributed by atoms with Crippen molar-refractivity contribution in [2.45, 2.75) is 45.2 Å². The van der Waals surface area contributed by atoms with Crippen molar-refractivity contribution in [2.75, 3.05) is 25.6 Å². The van der Waals surface area contributed by atoms with Crippen LogP contribution in [0.15, 0.2) is 60.0 Å². The van der Waals surface area contributed by atoms with Crippen molar-refractivity contribution in [1.82, 2.24) is 9.99 Å². The maximum Gasteiger partial charge on any atom is 0.405 e. The number of hydrogen-bond acceptors (Lipinski definition) is 11. The maximum absolute atomic E-state index is 13.5. The fourth-order valence-electron chi connectivity index (χ4n) is 3.42. The van der Waals surface area contributed by atoms with Crippen molar-refractivity contribution in [3.05, 3.63) is 60.6 Å². The fourth-order valence-corrected chi connectivity index (χ4v) is 5.66. The fraction of sp³-hybridized carbons (Fsp3) is 0.500. The molecule has 1 fully saturated rings. The molecule has 0 aliphatic carbocycles. The monoisotopic (exact) mass is 554 g/mol. The quantitative estimate of drug-likeness (QED) is 0.210. The number of rotatable bonds is 13. The number of nitrogens with zero attached hydrogens (tertiary/aromatic N) is 2. The molecule has 0 bridgehead atoms. The first-order valence-electron chi connectivity index (χ1n) is 11.8. The first-order chi connectivity index (χ1) is 17.5. The van der Waals surface area contributed by atoms with Crippen molar-refractivity contribution in [1.29, 1.82) is 0 Å². The number of nitrogens with two attached hydrogens (primary N) is 1. The summed E-state index contributed by atoms with van der Waals surface area (Å²) in [6, 6.07) is 9.33. The number of ether oxygens (including phenoxy) is 1. The van der Waals surface area contributed by atoms with Crippen LogP contribution < -0.4 is 10.8 Å². The molecule has 0 amide bonds. The summed E-state index contributed by atoms with van der Waals surface area (Å²) in [5, 5.41) is 22.6. The van der Waals surface area contributed by atoms with Crippen LogP contribution in [0.3, 0.4) is 0 Å². The molecule has 13 heteroatoms. The lowest BCUT2D eigenvalue weighted by molar-refractivity contribution is -0.119. The number of carbonyl (C=O) groups is 1. The van der Waals surface area contributed by atoms with E-state index in [0.717, 1.165) is 17.3 Å². The van der Waals surface area contributed by atoms with Crippen molar-refractivity contribution in [2.24, 2.45) is 16.1 Å². The standard InChI is InChI=1S/C24H35N4O7PS/c1-17-27-21(25)9-10-28(17)22-13-19(30)20(35-22)15-34-36(32,26-14-18-7-5-4-6-8-18)33-11-12-37-23(31)24(2,3)16-29/h4-10,19-20,22,29-30H,1,11-16H2,2-3H3,(H2,25,27)(H,26,32)/t19?,20-,22-,36?/m0/s1. The Balaban J connectivity index is 1.58. The second kappa shape index (κ2) is 13.2. The SMILES string of the molecule is C=C1N=C(N)C=CN1[C@@H]1CC(O)[C@H](COP(=O)(NCc2ccccc2)OCCSC(=O)C(C)(C)CO)O1. The van der Waals surface area contributed by atoms with E-state index in [4.69, 9.17) is 19.5 Å². The summed E-state index contributed by atoms with van der Waals surface area (Å²) in [6.07, 6.45) is 1.34. The van der Waals surface area contributed by atoms with Gasteiger partial charge in [-0.25, -0.2) is 14.6 Å². The minimum absolute atomic E-state index is 0.0362. The predicted octanol–water partition coefficient (Wildman–Crippen LogP) is 2.33. The number of thioether (sulfide) groups is 1. The Labute approximate surface area is 221 Å². The summed E-state index contributed by atoms with van der Waals surface area (Å²) in [7, 11) is -3.84. The molecule has 11 nitrogen and oxygen atoms in total. The molecule has 0 spiro atoms. The average molecular weight is 555 g/mol. The van der Waals surface area contributed by atoms with E-state index < -0.39 is 31.6 Å². The molecule has 3 rings (SSSR count). The molecular formula is C24H35N4O7PS. The van der Waals surface area contributed by atoms with Crippen molar-refractivity contribution in [3.63, 3.8) is 0 Å². The van der Waals surface area contributed by atoms with Gasteiger partial charge in [-0.05, 0) is 25.5 Å². The van der Waals surface area contributed by atoms with E-state index in [1.54, 1.807) is 31.0 Å². The van der Waals surface area contributed by atoms with E-state index in [1.165, 1.54) is 0 Å². The molecule has 204 valence electrons. The minimum atomic E-state index is -3.84. The molecule has 5 N–H and O–H groups in total. The summed E-state index contributed by atoms with van der Waals surface area (Å²) in [5.74, 6) is 0.927. The lowest BCUT2D eigenvalue weighted by atomic mass is 9.97. The first kappa shape index (κ1) is 29.5. The van der Waals surface area contributed by atoms with Crippen LogP contribution in [-0.2, 0) is 29.7 Å². The van der Waals surface area contributed by atoms with Gasteiger partial charge in [-0.15, -0.1) is 0 Å². The first-order valence-corrected chi connectivity index (χ1v) is 14.4. The van der Waals surface area contributed by atoms with Crippen LogP contribution in [0.4, 0.5) is 0 Å². The second-order valence-electron chi connectivity index (χ2n) is 9.23. The maximum atomic E-state index is 13.5. The summed E-state index contributed by atoms with van der Waals surface area (Å²) in [4.78, 5) is 18.0. The summed E-state index contributed by atoms with van der Waals surface area (Å²) in [5.41, 5.74) is 5.68. The van der Waals surface area contributed by atoms with Gasteiger partial charge in [0.2, 0.25) is 0 Å². The second-order valence-corrected chi connectivity index (χ2v) is 12.1. The highest BCUT2D eigenvalue weighted by atomic mass is 32.2. The lowest BCUT2D eigenvalue weighted by Crippen LogP contribution is -2.33. The molecule has 2 unspecified atom stereocenters. The molecule has 2 aliphatic heterocycles. The molecule has 2 aliphatic rings. The van der Waals surface area contributed by atoms with Crippen molar-refractivity contribution in [3.8, 4) is 0 Å². The Bertz CT molecular complexity index is 1050. The number of aliphatic hydroxyl groups is 2. The number of amidine groups is 1. The Morgan fingerprint density at radius 2 is 2.11 bits per heavy atom. The summed E-state index contributed by atoms with van der Waals surface area (Å²) < 4.78 is 30.7. The molecule has 0 saturated carbocycles. The average Bonchev–Trinajstić information content (AvgIpc) is 3.24. The van der Waals surface area contributed by atoms with Gasteiger partial charge in [0.15, 0.2) is 5.12 Å². The smallest absolute Gasteiger partial charge is 0.395 e. The number of carbonyl (C=O) groups excluding carboxylic acids is 1. The Kier molecular flexibility index (Phi) is 10.5. The molecule has 4 atom stereocenters. The summed E-state index contributed by atoms with van der Waals surface area (Å²) >= 11 is 0.991. The number of nitrogens with one attached hydrogen (secondary N) is 1. The number of benzene rings is 1. The molecule has 1 saturated heterocycles. The van der Waals surface area contributed by atoms with Crippen LogP contribution in [0.1, 0.15) is 25.8 Å². The van der Waals surface area contributed by atoms with Gasteiger partial charge in [-0.1, -0.05) is 48.7 Å². The Hall–Kier alpha value is -2.02. The van der Waals surface area contributed by atoms with Crippen LogP contribution in [0.2, 0.25) is 0 Å². The molecule has 37 heavy (non-hydrogen) atoms. The van der Waals surface area contributed by atoms with Crippen LogP contribution in [0.5, 0.6) is 0 Å². The zero-order valence-electron chi connectivity index (χ0n) is 21.0. The van der Waals surface area contributed by atoms with Gasteiger partial charge in [0.25, 0.3) is 0 Å². The molecular weight excluding hydrogens is 519 g/mol. The van der Waals surface area contributed by atoms with Crippen LogP contribution >= 0.6 is 19.5 Å².